The first kappa shape index (κ1) is 25.0. The third-order valence-electron chi connectivity index (χ3n) is 5.91. The Morgan fingerprint density at radius 1 is 1.06 bits per heavy atom. The number of rotatable bonds is 8. The molecule has 0 aliphatic carbocycles. The number of fused-ring (bicyclic) bond motifs is 1. The van der Waals surface area contributed by atoms with Crippen LogP contribution in [-0.2, 0) is 27.3 Å². The maximum absolute atomic E-state index is 13.5. The third-order valence-corrected chi connectivity index (χ3v) is 7.24. The molecule has 0 saturated heterocycles. The van der Waals surface area contributed by atoms with Crippen molar-refractivity contribution >= 4 is 50.4 Å². The average Bonchev–Trinajstić information content (AvgIpc) is 3.25. The van der Waals surface area contributed by atoms with Crippen LogP contribution in [-0.4, -0.2) is 38.3 Å². The fraction of sp³-hybridized carbons (Fsp3) is 0.200. The highest BCUT2D eigenvalue weighted by atomic mass is 79.9. The van der Waals surface area contributed by atoms with E-state index in [4.69, 9.17) is 0 Å². The quantitative estimate of drug-likeness (QED) is 0.377. The van der Waals surface area contributed by atoms with Gasteiger partial charge >= 0.3 is 5.97 Å². The first-order chi connectivity index (χ1) is 16.7. The fourth-order valence-electron chi connectivity index (χ4n) is 4.19. The van der Waals surface area contributed by atoms with Crippen molar-refractivity contribution in [3.05, 3.63) is 82.6 Å². The molecule has 1 aliphatic heterocycles. The number of carboxylic acids is 1. The van der Waals surface area contributed by atoms with E-state index in [-0.39, 0.29) is 30.3 Å². The molecule has 3 aromatic rings. The van der Waals surface area contributed by atoms with Crippen LogP contribution >= 0.6 is 15.9 Å². The van der Waals surface area contributed by atoms with E-state index in [2.05, 4.69) is 15.9 Å². The predicted octanol–water partition coefficient (Wildman–Crippen LogP) is 5.02. The molecule has 35 heavy (non-hydrogen) atoms. The number of anilines is 2. The zero-order valence-electron chi connectivity index (χ0n) is 18.4. The van der Waals surface area contributed by atoms with Crippen molar-refractivity contribution in [1.82, 2.24) is 0 Å². The molecular formula is C25H22BrFN2O5S. The summed E-state index contributed by atoms with van der Waals surface area (Å²) in [6.07, 6.45) is 0.180. The van der Waals surface area contributed by atoms with Gasteiger partial charge in [0.25, 0.3) is 11.3 Å². The molecule has 2 unspecified atom stereocenters. The van der Waals surface area contributed by atoms with Crippen molar-refractivity contribution in [3.8, 4) is 11.1 Å². The number of amides is 1. The fourth-order valence-corrected chi connectivity index (χ4v) is 5.17. The Bertz CT molecular complexity index is 1270. The van der Waals surface area contributed by atoms with Gasteiger partial charge in [-0.3, -0.25) is 13.7 Å². The Balaban J connectivity index is 1.50. The standard InChI is InChI=1S/C25H22BrFN2O5S/c26-19-5-1-16(2-6-19)17-3-8-21(9-4-17)29(35(33)34)23(25(31)32)11-12-24(30)28-14-13-18-15-20(27)7-10-22(18)28/h1-10,15,23H,11-14H2,(H,31,32)(H,33,34). The lowest BCUT2D eigenvalue weighted by atomic mass is 10.0. The van der Waals surface area contributed by atoms with Gasteiger partial charge in [-0.25, -0.2) is 13.4 Å². The van der Waals surface area contributed by atoms with Gasteiger partial charge in [-0.05, 0) is 72.0 Å². The molecule has 0 radical (unpaired) electrons. The van der Waals surface area contributed by atoms with E-state index in [9.17, 15) is 27.8 Å². The van der Waals surface area contributed by atoms with Gasteiger partial charge in [0.15, 0.2) is 0 Å². The van der Waals surface area contributed by atoms with Crippen LogP contribution in [0.25, 0.3) is 11.1 Å². The van der Waals surface area contributed by atoms with Crippen LogP contribution in [0.4, 0.5) is 15.8 Å². The molecule has 1 aliphatic rings. The van der Waals surface area contributed by atoms with Crippen molar-refractivity contribution in [2.75, 3.05) is 15.7 Å². The van der Waals surface area contributed by atoms with Gasteiger partial charge in [0.1, 0.15) is 11.9 Å². The van der Waals surface area contributed by atoms with E-state index in [1.807, 2.05) is 24.3 Å². The van der Waals surface area contributed by atoms with Gasteiger partial charge in [0.2, 0.25) is 5.91 Å². The summed E-state index contributed by atoms with van der Waals surface area (Å²) in [4.78, 5) is 26.4. The molecule has 1 amide bonds. The van der Waals surface area contributed by atoms with Crippen molar-refractivity contribution in [2.24, 2.45) is 0 Å². The number of benzene rings is 3. The molecule has 0 saturated carbocycles. The molecule has 1 heterocycles. The summed E-state index contributed by atoms with van der Waals surface area (Å²) in [6, 6.07) is 17.0. The topological polar surface area (TPSA) is 98.2 Å². The number of aliphatic carboxylic acids is 1. The number of carbonyl (C=O) groups excluding carboxylic acids is 1. The van der Waals surface area contributed by atoms with E-state index < -0.39 is 23.3 Å². The van der Waals surface area contributed by atoms with Crippen LogP contribution in [0.2, 0.25) is 0 Å². The molecule has 182 valence electrons. The maximum Gasteiger partial charge on any atom is 0.327 e. The van der Waals surface area contributed by atoms with Gasteiger partial charge < -0.3 is 10.0 Å². The van der Waals surface area contributed by atoms with Gasteiger partial charge in [-0.1, -0.05) is 40.2 Å². The molecule has 3 aromatic carbocycles. The minimum absolute atomic E-state index is 0.154. The second kappa shape index (κ2) is 10.7. The molecule has 0 aromatic heterocycles. The van der Waals surface area contributed by atoms with E-state index in [1.165, 1.54) is 23.1 Å². The summed E-state index contributed by atoms with van der Waals surface area (Å²) in [5.74, 6) is -2.02. The van der Waals surface area contributed by atoms with Crippen LogP contribution < -0.4 is 9.21 Å². The summed E-state index contributed by atoms with van der Waals surface area (Å²) in [5, 5.41) is 9.82. The van der Waals surface area contributed by atoms with Gasteiger partial charge in [0.05, 0.1) is 5.69 Å². The van der Waals surface area contributed by atoms with E-state index >= 15 is 0 Å². The van der Waals surface area contributed by atoms with Gasteiger partial charge in [0, 0.05) is 23.1 Å². The van der Waals surface area contributed by atoms with Gasteiger partial charge in [-0.15, -0.1) is 0 Å². The zero-order valence-corrected chi connectivity index (χ0v) is 20.8. The van der Waals surface area contributed by atoms with Crippen molar-refractivity contribution in [3.63, 3.8) is 0 Å². The van der Waals surface area contributed by atoms with E-state index in [1.54, 1.807) is 24.3 Å². The summed E-state index contributed by atoms with van der Waals surface area (Å²) in [5.41, 5.74) is 3.36. The number of carboxylic acid groups (broad SMARTS) is 1. The molecule has 4 rings (SSSR count). The third kappa shape index (κ3) is 5.61. The number of carbonyl (C=O) groups is 2. The summed E-state index contributed by atoms with van der Waals surface area (Å²) in [6.45, 7) is 0.378. The largest absolute Gasteiger partial charge is 0.480 e. The Kier molecular flexibility index (Phi) is 7.63. The Labute approximate surface area is 212 Å². The molecule has 7 nitrogen and oxygen atoms in total. The molecule has 0 spiro atoms. The van der Waals surface area contributed by atoms with Crippen LogP contribution in [0.1, 0.15) is 18.4 Å². The second-order valence-electron chi connectivity index (χ2n) is 8.07. The maximum atomic E-state index is 13.5. The van der Waals surface area contributed by atoms with E-state index in [0.717, 1.165) is 25.5 Å². The number of hydrogen-bond donors (Lipinski definition) is 2. The Hall–Kier alpha value is -3.08. The first-order valence-corrected chi connectivity index (χ1v) is 12.7. The lowest BCUT2D eigenvalue weighted by molar-refractivity contribution is -0.138. The molecule has 0 bridgehead atoms. The average molecular weight is 561 g/mol. The number of nitrogens with zero attached hydrogens (tertiary/aromatic N) is 2. The summed E-state index contributed by atoms with van der Waals surface area (Å²) < 4.78 is 37.4. The second-order valence-corrected chi connectivity index (χ2v) is 9.84. The summed E-state index contributed by atoms with van der Waals surface area (Å²) >= 11 is 0.750. The predicted molar refractivity (Wildman–Crippen MR) is 136 cm³/mol. The minimum atomic E-state index is -2.63. The van der Waals surface area contributed by atoms with Crippen LogP contribution in [0.15, 0.2) is 71.2 Å². The van der Waals surface area contributed by atoms with Crippen LogP contribution in [0.3, 0.4) is 0 Å². The summed E-state index contributed by atoms with van der Waals surface area (Å²) in [7, 11) is 0. The van der Waals surface area contributed by atoms with E-state index in [0.29, 0.717) is 18.7 Å². The van der Waals surface area contributed by atoms with Crippen LogP contribution in [0.5, 0.6) is 0 Å². The SMILES string of the molecule is O=C(O)C(CCC(=O)N1CCc2cc(F)ccc21)N(c1ccc(-c2ccc(Br)cc2)cc1)S(=O)O. The molecular weight excluding hydrogens is 539 g/mol. The monoisotopic (exact) mass is 560 g/mol. The number of halogens is 2. The lowest BCUT2D eigenvalue weighted by Gasteiger charge is -2.27. The Morgan fingerprint density at radius 2 is 1.69 bits per heavy atom. The van der Waals surface area contributed by atoms with Crippen LogP contribution in [0, 0.1) is 5.82 Å². The highest BCUT2D eigenvalue weighted by Gasteiger charge is 2.32. The highest BCUT2D eigenvalue weighted by Crippen LogP contribution is 2.31. The van der Waals surface area contributed by atoms with Gasteiger partial charge in [-0.2, -0.15) is 0 Å². The molecule has 0 fully saturated rings. The molecule has 2 atom stereocenters. The highest BCUT2D eigenvalue weighted by molar-refractivity contribution is 9.10. The first-order valence-electron chi connectivity index (χ1n) is 10.8. The number of hydrogen-bond acceptors (Lipinski definition) is 3. The Morgan fingerprint density at radius 3 is 2.29 bits per heavy atom. The van der Waals surface area contributed by atoms with Crippen molar-refractivity contribution < 1.29 is 27.8 Å². The molecule has 10 heteroatoms. The zero-order chi connectivity index (χ0) is 25.1. The minimum Gasteiger partial charge on any atom is -0.480 e. The molecule has 2 N–H and O–H groups in total. The van der Waals surface area contributed by atoms with Crippen molar-refractivity contribution in [2.45, 2.75) is 25.3 Å². The lowest BCUT2D eigenvalue weighted by Crippen LogP contribution is -2.43. The smallest absolute Gasteiger partial charge is 0.327 e. The van der Waals surface area contributed by atoms with Crippen molar-refractivity contribution in [1.29, 1.82) is 0 Å². The normalized spacial score (nSPS) is 14.3.